The van der Waals surface area contributed by atoms with Crippen molar-refractivity contribution in [3.63, 3.8) is 0 Å². The van der Waals surface area contributed by atoms with Gasteiger partial charge in [0.2, 0.25) is 0 Å². The third-order valence-electron chi connectivity index (χ3n) is 3.43. The zero-order valence-corrected chi connectivity index (χ0v) is 12.3. The third kappa shape index (κ3) is 5.83. The first-order valence-corrected chi connectivity index (χ1v) is 6.97. The molecular formula is C14H28N2O2. The minimum absolute atomic E-state index is 0.0379. The van der Waals surface area contributed by atoms with Crippen molar-refractivity contribution in [1.82, 2.24) is 10.2 Å². The van der Waals surface area contributed by atoms with Gasteiger partial charge in [0.25, 0.3) is 0 Å². The van der Waals surface area contributed by atoms with Gasteiger partial charge in [0.15, 0.2) is 0 Å². The molecule has 0 unspecified atom stereocenters. The third-order valence-corrected chi connectivity index (χ3v) is 3.43. The van der Waals surface area contributed by atoms with E-state index < -0.39 is 0 Å². The number of carbonyl (C=O) groups is 1. The Morgan fingerprint density at radius 2 is 1.94 bits per heavy atom. The first-order valence-electron chi connectivity index (χ1n) is 6.97. The van der Waals surface area contributed by atoms with Gasteiger partial charge in [-0.2, -0.15) is 0 Å². The molecule has 0 bridgehead atoms. The Labute approximate surface area is 111 Å². The van der Waals surface area contributed by atoms with Gasteiger partial charge in [-0.3, -0.25) is 4.79 Å². The van der Waals surface area contributed by atoms with E-state index in [-0.39, 0.29) is 17.4 Å². The average Bonchev–Trinajstić information content (AvgIpc) is 2.33. The SMILES string of the molecule is COC(=O)C1CCN(CCCNC(C)(C)C)CC1. The lowest BCUT2D eigenvalue weighted by Crippen LogP contribution is -2.40. The fraction of sp³-hybridized carbons (Fsp3) is 0.929. The zero-order valence-electron chi connectivity index (χ0n) is 12.3. The van der Waals surface area contributed by atoms with E-state index in [4.69, 9.17) is 4.74 Å². The minimum atomic E-state index is -0.0379. The summed E-state index contributed by atoms with van der Waals surface area (Å²) in [5.74, 6) is 0.0861. The molecule has 0 saturated carbocycles. The molecule has 1 N–H and O–H groups in total. The predicted octanol–water partition coefficient (Wildman–Crippen LogP) is 1.65. The molecule has 0 spiro atoms. The molecule has 1 fully saturated rings. The van der Waals surface area contributed by atoms with E-state index in [1.807, 2.05) is 0 Å². The van der Waals surface area contributed by atoms with Crippen LogP contribution in [0.3, 0.4) is 0 Å². The number of nitrogens with one attached hydrogen (secondary N) is 1. The lowest BCUT2D eigenvalue weighted by Gasteiger charge is -2.31. The Morgan fingerprint density at radius 3 is 2.44 bits per heavy atom. The van der Waals surface area contributed by atoms with Crippen LogP contribution >= 0.6 is 0 Å². The maximum atomic E-state index is 11.4. The van der Waals surface area contributed by atoms with Gasteiger partial charge in [-0.25, -0.2) is 0 Å². The first-order chi connectivity index (χ1) is 8.42. The topological polar surface area (TPSA) is 41.6 Å². The van der Waals surface area contributed by atoms with Crippen LogP contribution in [-0.2, 0) is 9.53 Å². The molecule has 1 heterocycles. The number of ether oxygens (including phenoxy) is 1. The van der Waals surface area contributed by atoms with Gasteiger partial charge in [-0.15, -0.1) is 0 Å². The molecular weight excluding hydrogens is 228 g/mol. The van der Waals surface area contributed by atoms with Crippen molar-refractivity contribution in [3.8, 4) is 0 Å². The highest BCUT2D eigenvalue weighted by atomic mass is 16.5. The van der Waals surface area contributed by atoms with Crippen molar-refractivity contribution in [2.75, 3.05) is 33.3 Å². The molecule has 0 aromatic carbocycles. The Kier molecular flexibility index (Phi) is 6.09. The van der Waals surface area contributed by atoms with Crippen molar-refractivity contribution >= 4 is 5.97 Å². The fourth-order valence-corrected chi connectivity index (χ4v) is 2.32. The number of piperidine rings is 1. The summed E-state index contributed by atoms with van der Waals surface area (Å²) in [6, 6.07) is 0. The molecule has 1 aliphatic rings. The Hall–Kier alpha value is -0.610. The largest absolute Gasteiger partial charge is 0.469 e. The monoisotopic (exact) mass is 256 g/mol. The quantitative estimate of drug-likeness (QED) is 0.600. The van der Waals surface area contributed by atoms with Crippen molar-refractivity contribution in [1.29, 1.82) is 0 Å². The van der Waals surface area contributed by atoms with Gasteiger partial charge in [-0.1, -0.05) is 0 Å². The molecule has 1 saturated heterocycles. The van der Waals surface area contributed by atoms with Crippen LogP contribution in [-0.4, -0.2) is 49.7 Å². The minimum Gasteiger partial charge on any atom is -0.469 e. The summed E-state index contributed by atoms with van der Waals surface area (Å²) in [7, 11) is 1.48. The van der Waals surface area contributed by atoms with Crippen LogP contribution in [0, 0.1) is 5.92 Å². The number of hydrogen-bond donors (Lipinski definition) is 1. The second-order valence-electron chi connectivity index (χ2n) is 6.17. The van der Waals surface area contributed by atoms with Crippen LogP contribution < -0.4 is 5.32 Å². The highest BCUT2D eigenvalue weighted by Crippen LogP contribution is 2.18. The number of nitrogens with zero attached hydrogens (tertiary/aromatic N) is 1. The molecule has 4 heteroatoms. The zero-order chi connectivity index (χ0) is 13.6. The Bertz CT molecular complexity index is 253. The lowest BCUT2D eigenvalue weighted by molar-refractivity contribution is -0.147. The van der Waals surface area contributed by atoms with Gasteiger partial charge in [0.1, 0.15) is 0 Å². The molecule has 0 radical (unpaired) electrons. The normalized spacial score (nSPS) is 18.9. The van der Waals surface area contributed by atoms with Crippen LogP contribution in [0.2, 0.25) is 0 Å². The van der Waals surface area contributed by atoms with Crippen LogP contribution in [0.1, 0.15) is 40.0 Å². The second kappa shape index (κ2) is 7.10. The molecule has 1 rings (SSSR count). The van der Waals surface area contributed by atoms with Crippen molar-refractivity contribution in [2.24, 2.45) is 5.92 Å². The number of esters is 1. The van der Waals surface area contributed by atoms with Crippen molar-refractivity contribution < 1.29 is 9.53 Å². The maximum absolute atomic E-state index is 11.4. The van der Waals surface area contributed by atoms with Gasteiger partial charge < -0.3 is 15.0 Å². The van der Waals surface area contributed by atoms with E-state index >= 15 is 0 Å². The standard InChI is InChI=1S/C14H28N2O2/c1-14(2,3)15-8-5-9-16-10-6-12(7-11-16)13(17)18-4/h12,15H,5-11H2,1-4H3. The van der Waals surface area contributed by atoms with E-state index in [0.29, 0.717) is 0 Å². The van der Waals surface area contributed by atoms with Crippen LogP contribution in [0.25, 0.3) is 0 Å². The number of carbonyl (C=O) groups excluding carboxylic acids is 1. The van der Waals surface area contributed by atoms with Gasteiger partial charge in [0, 0.05) is 5.54 Å². The first kappa shape index (κ1) is 15.4. The molecule has 0 amide bonds. The molecule has 0 atom stereocenters. The summed E-state index contributed by atoms with van der Waals surface area (Å²) < 4.78 is 4.79. The van der Waals surface area contributed by atoms with Gasteiger partial charge >= 0.3 is 5.97 Å². The number of rotatable bonds is 5. The summed E-state index contributed by atoms with van der Waals surface area (Å²) in [4.78, 5) is 13.8. The van der Waals surface area contributed by atoms with Crippen molar-refractivity contribution in [2.45, 2.75) is 45.6 Å². The van der Waals surface area contributed by atoms with Gasteiger partial charge in [-0.05, 0) is 66.2 Å². The van der Waals surface area contributed by atoms with Gasteiger partial charge in [0.05, 0.1) is 13.0 Å². The summed E-state index contributed by atoms with van der Waals surface area (Å²) in [6.45, 7) is 10.8. The fourth-order valence-electron chi connectivity index (χ4n) is 2.32. The van der Waals surface area contributed by atoms with Crippen LogP contribution in [0.4, 0.5) is 0 Å². The number of hydrogen-bond acceptors (Lipinski definition) is 4. The molecule has 18 heavy (non-hydrogen) atoms. The smallest absolute Gasteiger partial charge is 0.308 e. The highest BCUT2D eigenvalue weighted by molar-refractivity contribution is 5.72. The van der Waals surface area contributed by atoms with E-state index in [1.54, 1.807) is 0 Å². The average molecular weight is 256 g/mol. The summed E-state index contributed by atoms with van der Waals surface area (Å²) in [5, 5.41) is 3.50. The molecule has 0 aromatic rings. The number of likely N-dealkylation sites (tertiary alicyclic amines) is 1. The second-order valence-corrected chi connectivity index (χ2v) is 6.17. The highest BCUT2D eigenvalue weighted by Gasteiger charge is 2.25. The molecule has 0 aromatic heterocycles. The Morgan fingerprint density at radius 1 is 1.33 bits per heavy atom. The van der Waals surface area contributed by atoms with E-state index in [9.17, 15) is 4.79 Å². The van der Waals surface area contributed by atoms with E-state index in [0.717, 1.165) is 39.0 Å². The number of methoxy groups -OCH3 is 1. The van der Waals surface area contributed by atoms with Crippen LogP contribution in [0.15, 0.2) is 0 Å². The van der Waals surface area contributed by atoms with E-state index in [2.05, 4.69) is 31.0 Å². The molecule has 4 nitrogen and oxygen atoms in total. The van der Waals surface area contributed by atoms with Crippen LogP contribution in [0.5, 0.6) is 0 Å². The predicted molar refractivity (Wildman–Crippen MR) is 73.6 cm³/mol. The Balaban J connectivity index is 2.11. The van der Waals surface area contributed by atoms with E-state index in [1.165, 1.54) is 13.5 Å². The molecule has 0 aliphatic carbocycles. The lowest BCUT2D eigenvalue weighted by atomic mass is 9.97. The summed E-state index contributed by atoms with van der Waals surface area (Å²) in [5.41, 5.74) is 0.206. The maximum Gasteiger partial charge on any atom is 0.308 e. The summed E-state index contributed by atoms with van der Waals surface area (Å²) in [6.07, 6.45) is 3.05. The van der Waals surface area contributed by atoms with Crippen molar-refractivity contribution in [3.05, 3.63) is 0 Å². The molecule has 106 valence electrons. The summed E-state index contributed by atoms with van der Waals surface area (Å²) >= 11 is 0. The molecule has 1 aliphatic heterocycles.